The molecule has 0 unspecified atom stereocenters. The molecule has 0 aromatic heterocycles. The molecule has 0 saturated carbocycles. The number of nitrogens with two attached hydrogens (primary N) is 2. The van der Waals surface area contributed by atoms with E-state index in [2.05, 4.69) is 4.72 Å². The molecule has 6 nitrogen and oxygen atoms in total. The number of sulfonamides is 1. The summed E-state index contributed by atoms with van der Waals surface area (Å²) in [6.07, 6.45) is 0. The molecule has 0 heterocycles. The minimum atomic E-state index is -3.86. The van der Waals surface area contributed by atoms with Gasteiger partial charge in [0.1, 0.15) is 5.82 Å². The van der Waals surface area contributed by atoms with Crippen LogP contribution in [-0.4, -0.2) is 20.9 Å². The fourth-order valence-electron chi connectivity index (χ4n) is 1.32. The Bertz CT molecular complexity index is 614. The molecule has 0 fully saturated rings. The summed E-state index contributed by atoms with van der Waals surface area (Å²) < 4.78 is 39.7. The first kappa shape index (κ1) is 16.5. The number of nitrogens with one attached hydrogen (secondary N) is 1. The van der Waals surface area contributed by atoms with Crippen LogP contribution < -0.4 is 16.2 Å². The van der Waals surface area contributed by atoms with Crippen LogP contribution in [0.2, 0.25) is 0 Å². The van der Waals surface area contributed by atoms with E-state index in [-0.39, 0.29) is 23.5 Å². The molecule has 112 valence electrons. The highest BCUT2D eigenvalue weighted by atomic mass is 32.2. The fraction of sp³-hybridized carbons (Fsp3) is 0.417. The lowest BCUT2D eigenvalue weighted by Gasteiger charge is -2.20. The van der Waals surface area contributed by atoms with Crippen molar-refractivity contribution in [2.45, 2.75) is 25.3 Å². The van der Waals surface area contributed by atoms with Gasteiger partial charge in [0, 0.05) is 18.7 Å². The van der Waals surface area contributed by atoms with E-state index >= 15 is 0 Å². The van der Waals surface area contributed by atoms with Crippen LogP contribution in [0.25, 0.3) is 0 Å². The first-order valence-corrected chi connectivity index (χ1v) is 7.36. The van der Waals surface area contributed by atoms with E-state index in [0.717, 1.165) is 18.2 Å². The van der Waals surface area contributed by atoms with Crippen LogP contribution >= 0.6 is 0 Å². The van der Waals surface area contributed by atoms with Gasteiger partial charge in [0.05, 0.1) is 10.3 Å². The number of benzene rings is 1. The topological polar surface area (TPSA) is 115 Å². The lowest BCUT2D eigenvalue weighted by Crippen LogP contribution is -2.42. The smallest absolute Gasteiger partial charge is 0.240 e. The van der Waals surface area contributed by atoms with E-state index in [4.69, 9.17) is 11.5 Å². The number of carbonyl (C=O) groups excluding carboxylic acids is 1. The van der Waals surface area contributed by atoms with Crippen molar-refractivity contribution in [2.24, 2.45) is 16.9 Å². The number of halogens is 1. The molecule has 1 rings (SSSR count). The summed E-state index contributed by atoms with van der Waals surface area (Å²) in [5, 5.41) is 0. The summed E-state index contributed by atoms with van der Waals surface area (Å²) in [5.74, 6) is -1.19. The predicted octanol–water partition coefficient (Wildman–Crippen LogP) is 0.0742. The van der Waals surface area contributed by atoms with Crippen molar-refractivity contribution in [1.29, 1.82) is 0 Å². The van der Waals surface area contributed by atoms with Crippen LogP contribution in [0.4, 0.5) is 4.39 Å². The monoisotopic (exact) mass is 303 g/mol. The van der Waals surface area contributed by atoms with Gasteiger partial charge in [0.15, 0.2) is 0 Å². The molecule has 20 heavy (non-hydrogen) atoms. The van der Waals surface area contributed by atoms with E-state index in [1.165, 1.54) is 13.8 Å². The molecule has 0 saturated heterocycles. The van der Waals surface area contributed by atoms with Gasteiger partial charge in [0.2, 0.25) is 15.9 Å². The molecule has 0 bridgehead atoms. The van der Waals surface area contributed by atoms with Crippen molar-refractivity contribution >= 4 is 15.9 Å². The first-order chi connectivity index (χ1) is 9.10. The third kappa shape index (κ3) is 3.75. The van der Waals surface area contributed by atoms with Gasteiger partial charge in [-0.2, -0.15) is 0 Å². The summed E-state index contributed by atoms with van der Waals surface area (Å²) in [4.78, 5) is 11.0. The van der Waals surface area contributed by atoms with Crippen molar-refractivity contribution in [3.05, 3.63) is 29.6 Å². The molecule has 1 aromatic rings. The van der Waals surface area contributed by atoms with Crippen LogP contribution in [-0.2, 0) is 21.4 Å². The Balaban J connectivity index is 2.98. The molecule has 0 atom stereocenters. The predicted molar refractivity (Wildman–Crippen MR) is 72.5 cm³/mol. The number of rotatable bonds is 6. The number of carbonyl (C=O) groups is 1. The number of amides is 1. The van der Waals surface area contributed by atoms with Gasteiger partial charge in [0.25, 0.3) is 0 Å². The number of hydrogen-bond donors (Lipinski definition) is 3. The van der Waals surface area contributed by atoms with Gasteiger partial charge < -0.3 is 11.5 Å². The van der Waals surface area contributed by atoms with Crippen molar-refractivity contribution in [3.8, 4) is 0 Å². The SMILES string of the molecule is CC(C)(CNS(=O)(=O)c1ccc(F)c(CN)c1)C(N)=O. The van der Waals surface area contributed by atoms with E-state index in [9.17, 15) is 17.6 Å². The van der Waals surface area contributed by atoms with E-state index < -0.39 is 27.2 Å². The summed E-state index contributed by atoms with van der Waals surface area (Å²) in [6, 6.07) is 3.33. The van der Waals surface area contributed by atoms with E-state index in [0.29, 0.717) is 0 Å². The van der Waals surface area contributed by atoms with Crippen LogP contribution in [0.3, 0.4) is 0 Å². The molecule has 1 aromatic carbocycles. The largest absolute Gasteiger partial charge is 0.369 e. The van der Waals surface area contributed by atoms with Crippen molar-refractivity contribution in [2.75, 3.05) is 6.54 Å². The van der Waals surface area contributed by atoms with Gasteiger partial charge in [-0.3, -0.25) is 4.79 Å². The Morgan fingerprint density at radius 2 is 2.00 bits per heavy atom. The van der Waals surface area contributed by atoms with Crippen LogP contribution in [0, 0.1) is 11.2 Å². The van der Waals surface area contributed by atoms with Crippen molar-refractivity contribution in [1.82, 2.24) is 4.72 Å². The van der Waals surface area contributed by atoms with Gasteiger partial charge >= 0.3 is 0 Å². The first-order valence-electron chi connectivity index (χ1n) is 5.88. The molecule has 8 heteroatoms. The second-order valence-electron chi connectivity index (χ2n) is 5.03. The normalized spacial score (nSPS) is 12.4. The molecule has 0 aliphatic rings. The minimum absolute atomic E-state index is 0.0991. The lowest BCUT2D eigenvalue weighted by molar-refractivity contribution is -0.125. The third-order valence-electron chi connectivity index (χ3n) is 2.92. The average Bonchev–Trinajstić information content (AvgIpc) is 2.37. The Morgan fingerprint density at radius 3 is 2.50 bits per heavy atom. The fourth-order valence-corrected chi connectivity index (χ4v) is 2.58. The van der Waals surface area contributed by atoms with E-state index in [1.807, 2.05) is 0 Å². The van der Waals surface area contributed by atoms with Crippen LogP contribution in [0.5, 0.6) is 0 Å². The zero-order valence-electron chi connectivity index (χ0n) is 11.3. The van der Waals surface area contributed by atoms with Crippen molar-refractivity contribution in [3.63, 3.8) is 0 Å². The minimum Gasteiger partial charge on any atom is -0.369 e. The second-order valence-corrected chi connectivity index (χ2v) is 6.80. The zero-order chi connectivity index (χ0) is 15.6. The summed E-state index contributed by atoms with van der Waals surface area (Å²) in [7, 11) is -3.86. The Hall–Kier alpha value is -1.51. The molecular weight excluding hydrogens is 285 g/mol. The van der Waals surface area contributed by atoms with Gasteiger partial charge in [-0.1, -0.05) is 0 Å². The highest BCUT2D eigenvalue weighted by Gasteiger charge is 2.27. The van der Waals surface area contributed by atoms with Gasteiger partial charge in [-0.25, -0.2) is 17.5 Å². The van der Waals surface area contributed by atoms with Crippen LogP contribution in [0.1, 0.15) is 19.4 Å². The third-order valence-corrected chi connectivity index (χ3v) is 4.32. The summed E-state index contributed by atoms with van der Waals surface area (Å²) in [5.41, 5.74) is 9.57. The summed E-state index contributed by atoms with van der Waals surface area (Å²) in [6.45, 7) is 2.78. The number of hydrogen-bond acceptors (Lipinski definition) is 4. The van der Waals surface area contributed by atoms with Crippen molar-refractivity contribution < 1.29 is 17.6 Å². The average molecular weight is 303 g/mol. The molecular formula is C12H18FN3O3S. The Morgan fingerprint density at radius 1 is 1.40 bits per heavy atom. The van der Waals surface area contributed by atoms with E-state index in [1.54, 1.807) is 0 Å². The second kappa shape index (κ2) is 5.86. The lowest BCUT2D eigenvalue weighted by atomic mass is 9.93. The maximum atomic E-state index is 13.3. The highest BCUT2D eigenvalue weighted by molar-refractivity contribution is 7.89. The van der Waals surface area contributed by atoms with Crippen LogP contribution in [0.15, 0.2) is 23.1 Å². The highest BCUT2D eigenvalue weighted by Crippen LogP contribution is 2.17. The zero-order valence-corrected chi connectivity index (χ0v) is 12.1. The molecule has 0 spiro atoms. The molecule has 1 amide bonds. The maximum Gasteiger partial charge on any atom is 0.240 e. The van der Waals surface area contributed by atoms with Gasteiger partial charge in [-0.05, 0) is 32.0 Å². The maximum absolute atomic E-state index is 13.3. The quantitative estimate of drug-likeness (QED) is 0.690. The molecule has 0 radical (unpaired) electrons. The standard InChI is InChI=1S/C12H18FN3O3S/c1-12(2,11(15)17)7-16-20(18,19)9-3-4-10(13)8(5-9)6-14/h3-5,16H,6-7,14H2,1-2H3,(H2,15,17). The molecule has 0 aliphatic heterocycles. The molecule has 0 aliphatic carbocycles. The number of primary amides is 1. The van der Waals surface area contributed by atoms with Gasteiger partial charge in [-0.15, -0.1) is 0 Å². The molecule has 5 N–H and O–H groups in total. The Labute approximate surface area is 117 Å². The summed E-state index contributed by atoms with van der Waals surface area (Å²) >= 11 is 0. The Kier molecular flexibility index (Phi) is 4.85.